The molecule has 0 atom stereocenters. The second-order valence-corrected chi connectivity index (χ2v) is 5.47. The molecule has 0 radical (unpaired) electrons. The van der Waals surface area contributed by atoms with Crippen LogP contribution >= 0.6 is 22.9 Å². The van der Waals surface area contributed by atoms with Gasteiger partial charge in [0.1, 0.15) is 0 Å². The Labute approximate surface area is 109 Å². The van der Waals surface area contributed by atoms with Gasteiger partial charge in [-0.15, -0.1) is 11.3 Å². The summed E-state index contributed by atoms with van der Waals surface area (Å²) in [5.41, 5.74) is 2.21. The first-order valence-corrected chi connectivity index (χ1v) is 6.60. The van der Waals surface area contributed by atoms with Gasteiger partial charge >= 0.3 is 0 Å². The molecule has 3 rings (SSSR count). The standard InChI is InChI=1S/C14H10ClNS/c1-9-12(5-7-17-9)14-13-8-11(15)3-2-10(13)4-6-16-14/h2-8H,1H3. The van der Waals surface area contributed by atoms with Gasteiger partial charge < -0.3 is 0 Å². The Morgan fingerprint density at radius 1 is 1.18 bits per heavy atom. The van der Waals surface area contributed by atoms with Crippen molar-refractivity contribution in [1.82, 2.24) is 4.98 Å². The first kappa shape index (κ1) is 10.8. The minimum Gasteiger partial charge on any atom is -0.256 e. The third-order valence-corrected chi connectivity index (χ3v) is 3.92. The zero-order valence-corrected chi connectivity index (χ0v) is 10.8. The highest BCUT2D eigenvalue weighted by atomic mass is 35.5. The fourth-order valence-electron chi connectivity index (χ4n) is 1.99. The predicted molar refractivity (Wildman–Crippen MR) is 74.8 cm³/mol. The molecule has 0 saturated carbocycles. The van der Waals surface area contributed by atoms with Crippen molar-refractivity contribution < 1.29 is 0 Å². The van der Waals surface area contributed by atoms with Crippen molar-refractivity contribution in [2.24, 2.45) is 0 Å². The molecule has 0 aliphatic rings. The van der Waals surface area contributed by atoms with E-state index < -0.39 is 0 Å². The molecule has 0 amide bonds. The lowest BCUT2D eigenvalue weighted by Crippen LogP contribution is -1.85. The highest BCUT2D eigenvalue weighted by Crippen LogP contribution is 2.32. The highest BCUT2D eigenvalue weighted by Gasteiger charge is 2.08. The monoisotopic (exact) mass is 259 g/mol. The highest BCUT2D eigenvalue weighted by molar-refractivity contribution is 7.10. The van der Waals surface area contributed by atoms with Gasteiger partial charge in [-0.1, -0.05) is 17.7 Å². The summed E-state index contributed by atoms with van der Waals surface area (Å²) in [6, 6.07) is 10.1. The van der Waals surface area contributed by atoms with E-state index in [-0.39, 0.29) is 0 Å². The minimum atomic E-state index is 0.750. The van der Waals surface area contributed by atoms with E-state index in [2.05, 4.69) is 23.4 Å². The molecule has 1 aromatic carbocycles. The number of nitrogens with zero attached hydrogens (tertiary/aromatic N) is 1. The van der Waals surface area contributed by atoms with Gasteiger partial charge in [0, 0.05) is 27.0 Å². The Bertz CT molecular complexity index is 688. The van der Waals surface area contributed by atoms with Gasteiger partial charge in [-0.25, -0.2) is 0 Å². The molecule has 3 aromatic rings. The lowest BCUT2D eigenvalue weighted by Gasteiger charge is -2.05. The van der Waals surface area contributed by atoms with E-state index in [4.69, 9.17) is 11.6 Å². The molecule has 0 unspecified atom stereocenters. The summed E-state index contributed by atoms with van der Waals surface area (Å²) >= 11 is 7.81. The van der Waals surface area contributed by atoms with Gasteiger partial charge in [0.05, 0.1) is 5.69 Å². The predicted octanol–water partition coefficient (Wildman–Crippen LogP) is 4.93. The van der Waals surface area contributed by atoms with Crippen LogP contribution in [0.15, 0.2) is 41.9 Å². The van der Waals surface area contributed by atoms with Crippen LogP contribution in [-0.4, -0.2) is 4.98 Å². The average molecular weight is 260 g/mol. The summed E-state index contributed by atoms with van der Waals surface area (Å²) in [5.74, 6) is 0. The van der Waals surface area contributed by atoms with Crippen LogP contribution in [0.1, 0.15) is 4.88 Å². The molecule has 0 fully saturated rings. The molecule has 0 bridgehead atoms. The molecule has 0 aliphatic carbocycles. The maximum Gasteiger partial charge on any atom is 0.0791 e. The van der Waals surface area contributed by atoms with E-state index in [9.17, 15) is 0 Å². The number of rotatable bonds is 1. The first-order chi connectivity index (χ1) is 8.25. The summed E-state index contributed by atoms with van der Waals surface area (Å²) in [5, 5.41) is 5.13. The molecule has 0 aliphatic heterocycles. The summed E-state index contributed by atoms with van der Waals surface area (Å²) in [6.45, 7) is 2.12. The number of thiophene rings is 1. The Kier molecular flexibility index (Phi) is 2.61. The Balaban J connectivity index is 2.37. The number of hydrogen-bond acceptors (Lipinski definition) is 2. The van der Waals surface area contributed by atoms with Crippen molar-refractivity contribution in [3.63, 3.8) is 0 Å². The molecule has 3 heteroatoms. The molecule has 17 heavy (non-hydrogen) atoms. The van der Waals surface area contributed by atoms with Crippen LogP contribution in [0.3, 0.4) is 0 Å². The first-order valence-electron chi connectivity index (χ1n) is 5.34. The Hall–Kier alpha value is -1.38. The smallest absolute Gasteiger partial charge is 0.0791 e. The van der Waals surface area contributed by atoms with E-state index in [1.165, 1.54) is 15.8 Å². The molecular formula is C14H10ClNS. The van der Waals surface area contributed by atoms with Gasteiger partial charge in [-0.2, -0.15) is 0 Å². The van der Waals surface area contributed by atoms with Crippen molar-refractivity contribution in [2.45, 2.75) is 6.92 Å². The zero-order chi connectivity index (χ0) is 11.8. The van der Waals surface area contributed by atoms with E-state index in [0.29, 0.717) is 0 Å². The van der Waals surface area contributed by atoms with Crippen molar-refractivity contribution in [3.05, 3.63) is 51.8 Å². The Morgan fingerprint density at radius 2 is 2.06 bits per heavy atom. The molecular weight excluding hydrogens is 250 g/mol. The third kappa shape index (κ3) is 1.84. The topological polar surface area (TPSA) is 12.9 Å². The molecule has 2 heterocycles. The normalized spacial score (nSPS) is 10.9. The molecule has 2 aromatic heterocycles. The van der Waals surface area contributed by atoms with Crippen LogP contribution in [-0.2, 0) is 0 Å². The molecule has 1 nitrogen and oxygen atoms in total. The van der Waals surface area contributed by atoms with Crippen LogP contribution in [0.4, 0.5) is 0 Å². The van der Waals surface area contributed by atoms with Crippen molar-refractivity contribution in [3.8, 4) is 11.3 Å². The second-order valence-electron chi connectivity index (χ2n) is 3.92. The largest absolute Gasteiger partial charge is 0.256 e. The maximum atomic E-state index is 6.07. The van der Waals surface area contributed by atoms with Crippen LogP contribution in [0.25, 0.3) is 22.0 Å². The van der Waals surface area contributed by atoms with Crippen LogP contribution in [0, 0.1) is 6.92 Å². The summed E-state index contributed by atoms with van der Waals surface area (Å²) in [6.07, 6.45) is 1.85. The Morgan fingerprint density at radius 3 is 2.82 bits per heavy atom. The SMILES string of the molecule is Cc1sccc1-c1nccc2ccc(Cl)cc12. The minimum absolute atomic E-state index is 0.750. The van der Waals surface area contributed by atoms with Gasteiger partial charge in [-0.05, 0) is 42.0 Å². The van der Waals surface area contributed by atoms with Gasteiger partial charge in [0.15, 0.2) is 0 Å². The molecule has 84 valence electrons. The summed E-state index contributed by atoms with van der Waals surface area (Å²) in [4.78, 5) is 5.78. The fourth-order valence-corrected chi connectivity index (χ4v) is 2.86. The van der Waals surface area contributed by atoms with E-state index in [1.807, 2.05) is 30.5 Å². The number of pyridine rings is 1. The van der Waals surface area contributed by atoms with Crippen molar-refractivity contribution in [2.75, 3.05) is 0 Å². The molecule has 0 saturated heterocycles. The molecule has 0 spiro atoms. The fraction of sp³-hybridized carbons (Fsp3) is 0.0714. The molecule has 0 N–H and O–H groups in total. The average Bonchev–Trinajstić information content (AvgIpc) is 2.74. The number of aryl methyl sites for hydroxylation is 1. The van der Waals surface area contributed by atoms with Crippen LogP contribution in [0.2, 0.25) is 5.02 Å². The van der Waals surface area contributed by atoms with Crippen LogP contribution < -0.4 is 0 Å². The zero-order valence-electron chi connectivity index (χ0n) is 9.27. The van der Waals surface area contributed by atoms with E-state index in [0.717, 1.165) is 16.1 Å². The number of hydrogen-bond donors (Lipinski definition) is 0. The lowest BCUT2D eigenvalue weighted by atomic mass is 10.1. The number of fused-ring (bicyclic) bond motifs is 1. The van der Waals surface area contributed by atoms with Gasteiger partial charge in [0.2, 0.25) is 0 Å². The summed E-state index contributed by atoms with van der Waals surface area (Å²) < 4.78 is 0. The summed E-state index contributed by atoms with van der Waals surface area (Å²) in [7, 11) is 0. The van der Waals surface area contributed by atoms with E-state index >= 15 is 0 Å². The maximum absolute atomic E-state index is 6.07. The number of aromatic nitrogens is 1. The van der Waals surface area contributed by atoms with Gasteiger partial charge in [0.25, 0.3) is 0 Å². The number of benzene rings is 1. The number of halogens is 1. The van der Waals surface area contributed by atoms with Crippen molar-refractivity contribution >= 4 is 33.7 Å². The van der Waals surface area contributed by atoms with E-state index in [1.54, 1.807) is 11.3 Å². The second kappa shape index (κ2) is 4.13. The van der Waals surface area contributed by atoms with Crippen LogP contribution in [0.5, 0.6) is 0 Å². The van der Waals surface area contributed by atoms with Gasteiger partial charge in [-0.3, -0.25) is 4.98 Å². The quantitative estimate of drug-likeness (QED) is 0.604. The lowest BCUT2D eigenvalue weighted by molar-refractivity contribution is 1.35. The third-order valence-electron chi connectivity index (χ3n) is 2.84. The van der Waals surface area contributed by atoms with Crippen molar-refractivity contribution in [1.29, 1.82) is 0 Å².